The van der Waals surface area contributed by atoms with Gasteiger partial charge in [0.2, 0.25) is 10.0 Å². The zero-order valence-corrected chi connectivity index (χ0v) is 10.7. The average molecular weight is 276 g/mol. The predicted octanol–water partition coefficient (Wildman–Crippen LogP) is 1.74. The maximum atomic E-state index is 13.7. The van der Waals surface area contributed by atoms with Crippen LogP contribution in [-0.2, 0) is 10.0 Å². The molecule has 4 nitrogen and oxygen atoms in total. The third-order valence-electron chi connectivity index (χ3n) is 2.39. The summed E-state index contributed by atoms with van der Waals surface area (Å²) in [6, 6.07) is 1.69. The second kappa shape index (κ2) is 5.45. The summed E-state index contributed by atoms with van der Waals surface area (Å²) in [6.07, 6.45) is 1.38. The first kappa shape index (κ1) is 14.6. The number of hydrogen-bond acceptors (Lipinski definition) is 3. The minimum atomic E-state index is -4.04. The summed E-state index contributed by atoms with van der Waals surface area (Å²) in [7, 11) is -4.04. The molecule has 1 aromatic carbocycles. The molecule has 0 atom stereocenters. The number of hydrogen-bond donors (Lipinski definition) is 1. The molecule has 0 aliphatic heterocycles. The van der Waals surface area contributed by atoms with Crippen LogP contribution in [0.3, 0.4) is 0 Å². The minimum Gasteiger partial charge on any atom is -0.394 e. The molecule has 0 saturated carbocycles. The van der Waals surface area contributed by atoms with E-state index in [1.807, 2.05) is 0 Å². The van der Waals surface area contributed by atoms with E-state index in [2.05, 4.69) is 6.58 Å². The van der Waals surface area contributed by atoms with Gasteiger partial charge in [-0.2, -0.15) is 4.31 Å². The number of halogens is 2. The van der Waals surface area contributed by atoms with Crippen LogP contribution in [0.2, 0.25) is 0 Å². The minimum absolute atomic E-state index is 0.0373. The Morgan fingerprint density at radius 1 is 1.44 bits per heavy atom. The molecule has 0 aliphatic rings. The highest BCUT2D eigenvalue weighted by Crippen LogP contribution is 2.25. The largest absolute Gasteiger partial charge is 0.394 e. The highest BCUT2D eigenvalue weighted by atomic mass is 32.2. The Labute approximate surface area is 105 Å². The topological polar surface area (TPSA) is 63.4 Å². The summed E-state index contributed by atoms with van der Waals surface area (Å²) in [6.45, 7) is 5.21. The van der Waals surface area contributed by atoms with Gasteiger partial charge in [0.15, 0.2) is 5.82 Å². The van der Waals surface area contributed by atoms with E-state index in [9.17, 15) is 17.2 Å². The number of sulfonamides is 1. The van der Waals surface area contributed by atoms with Gasteiger partial charge in [-0.3, -0.25) is 0 Å². The Morgan fingerprint density at radius 3 is 2.56 bits per heavy atom. The molecule has 0 amide bonds. The highest BCUT2D eigenvalue weighted by molar-refractivity contribution is 7.89. The van der Waals surface area contributed by atoms with E-state index in [0.717, 1.165) is 16.4 Å². The van der Waals surface area contributed by atoms with Crippen molar-refractivity contribution in [2.24, 2.45) is 0 Å². The van der Waals surface area contributed by atoms with E-state index < -0.39 is 32.2 Å². The van der Waals surface area contributed by atoms with Crippen molar-refractivity contribution in [3.8, 4) is 0 Å². The summed E-state index contributed by atoms with van der Waals surface area (Å²) in [5.74, 6) is -2.25. The second-order valence-corrected chi connectivity index (χ2v) is 5.42. The first-order valence-corrected chi connectivity index (χ1v) is 6.64. The van der Waals surface area contributed by atoms with Gasteiger partial charge >= 0.3 is 0 Å². The molecule has 0 aromatic heterocycles. The van der Waals surface area contributed by atoms with Crippen LogP contribution in [0.4, 0.5) is 14.5 Å². The second-order valence-electron chi connectivity index (χ2n) is 3.52. The zero-order valence-electron chi connectivity index (χ0n) is 9.86. The van der Waals surface area contributed by atoms with E-state index >= 15 is 0 Å². The lowest BCUT2D eigenvalue weighted by Gasteiger charge is -2.19. The van der Waals surface area contributed by atoms with Gasteiger partial charge in [0.25, 0.3) is 0 Å². The van der Waals surface area contributed by atoms with Gasteiger partial charge < -0.3 is 5.73 Å². The standard InChI is InChI=1S/C11H14F2N2O2S/c1-3-7-15(4-2)18(16,17)9-6-5-8(12)11(14)10(9)13/h3,5-6H,1,4,7,14H2,2H3. The van der Waals surface area contributed by atoms with Crippen molar-refractivity contribution in [2.45, 2.75) is 11.8 Å². The maximum Gasteiger partial charge on any atom is 0.246 e. The molecular weight excluding hydrogens is 262 g/mol. The van der Waals surface area contributed by atoms with Gasteiger partial charge in [0.05, 0.1) is 0 Å². The van der Waals surface area contributed by atoms with E-state index in [-0.39, 0.29) is 13.1 Å². The number of anilines is 1. The van der Waals surface area contributed by atoms with Gasteiger partial charge in [0.1, 0.15) is 16.4 Å². The fourth-order valence-corrected chi connectivity index (χ4v) is 2.93. The fourth-order valence-electron chi connectivity index (χ4n) is 1.43. The van der Waals surface area contributed by atoms with Crippen LogP contribution in [0.15, 0.2) is 29.7 Å². The third-order valence-corrected chi connectivity index (χ3v) is 4.35. The van der Waals surface area contributed by atoms with Gasteiger partial charge in [-0.1, -0.05) is 13.0 Å². The quantitative estimate of drug-likeness (QED) is 0.658. The lowest BCUT2D eigenvalue weighted by molar-refractivity contribution is 0.453. The van der Waals surface area contributed by atoms with Gasteiger partial charge in [-0.15, -0.1) is 6.58 Å². The average Bonchev–Trinajstić information content (AvgIpc) is 2.32. The zero-order chi connectivity index (χ0) is 13.9. The Bertz CT molecular complexity index is 558. The first-order chi connectivity index (χ1) is 8.36. The summed E-state index contributed by atoms with van der Waals surface area (Å²) in [4.78, 5) is -0.634. The molecule has 0 fully saturated rings. The maximum absolute atomic E-state index is 13.7. The normalized spacial score (nSPS) is 11.8. The van der Waals surface area contributed by atoms with E-state index in [4.69, 9.17) is 5.73 Å². The summed E-state index contributed by atoms with van der Waals surface area (Å²) >= 11 is 0. The van der Waals surface area contributed by atoms with Crippen molar-refractivity contribution in [3.05, 3.63) is 36.4 Å². The summed E-state index contributed by atoms with van der Waals surface area (Å²) in [5.41, 5.74) is 4.34. The summed E-state index contributed by atoms with van der Waals surface area (Å²) < 4.78 is 51.9. The molecule has 0 unspecified atom stereocenters. The van der Waals surface area contributed by atoms with Crippen LogP contribution in [0.25, 0.3) is 0 Å². The van der Waals surface area contributed by atoms with E-state index in [1.54, 1.807) is 6.92 Å². The van der Waals surface area contributed by atoms with Crippen molar-refractivity contribution in [3.63, 3.8) is 0 Å². The molecule has 18 heavy (non-hydrogen) atoms. The fraction of sp³-hybridized carbons (Fsp3) is 0.273. The number of benzene rings is 1. The van der Waals surface area contributed by atoms with Crippen molar-refractivity contribution in [2.75, 3.05) is 18.8 Å². The number of rotatable bonds is 5. The molecule has 0 saturated heterocycles. The van der Waals surface area contributed by atoms with Crippen LogP contribution >= 0.6 is 0 Å². The molecule has 0 spiro atoms. The van der Waals surface area contributed by atoms with Crippen LogP contribution in [0, 0.1) is 11.6 Å². The third kappa shape index (κ3) is 2.51. The van der Waals surface area contributed by atoms with E-state index in [1.165, 1.54) is 6.08 Å². The monoisotopic (exact) mass is 276 g/mol. The SMILES string of the molecule is C=CCN(CC)S(=O)(=O)c1ccc(F)c(N)c1F. The van der Waals surface area contributed by atoms with Gasteiger partial charge in [-0.05, 0) is 12.1 Å². The predicted molar refractivity (Wildman–Crippen MR) is 65.4 cm³/mol. The Hall–Kier alpha value is -1.47. The summed E-state index contributed by atoms with van der Waals surface area (Å²) in [5, 5.41) is 0. The number of nitrogens with zero attached hydrogens (tertiary/aromatic N) is 1. The Kier molecular flexibility index (Phi) is 4.42. The number of nitrogens with two attached hydrogens (primary N) is 1. The Balaban J connectivity index is 3.37. The molecule has 100 valence electrons. The molecule has 2 N–H and O–H groups in total. The van der Waals surface area contributed by atoms with Gasteiger partial charge in [0, 0.05) is 13.1 Å². The van der Waals surface area contributed by atoms with Crippen molar-refractivity contribution in [1.29, 1.82) is 0 Å². The molecule has 0 bridgehead atoms. The van der Waals surface area contributed by atoms with Crippen molar-refractivity contribution in [1.82, 2.24) is 4.31 Å². The van der Waals surface area contributed by atoms with Crippen LogP contribution < -0.4 is 5.73 Å². The lowest BCUT2D eigenvalue weighted by atomic mass is 10.3. The number of nitrogen functional groups attached to an aromatic ring is 1. The Morgan fingerprint density at radius 2 is 2.06 bits per heavy atom. The molecule has 0 heterocycles. The molecule has 1 rings (SSSR count). The van der Waals surface area contributed by atoms with Crippen LogP contribution in [-0.4, -0.2) is 25.8 Å². The number of likely N-dealkylation sites (N-methyl/N-ethyl adjacent to an activating group) is 1. The van der Waals surface area contributed by atoms with Crippen molar-refractivity contribution >= 4 is 15.7 Å². The highest BCUT2D eigenvalue weighted by Gasteiger charge is 2.27. The van der Waals surface area contributed by atoms with Crippen molar-refractivity contribution < 1.29 is 17.2 Å². The van der Waals surface area contributed by atoms with Crippen LogP contribution in [0.5, 0.6) is 0 Å². The molecule has 0 radical (unpaired) electrons. The van der Waals surface area contributed by atoms with Crippen LogP contribution in [0.1, 0.15) is 6.92 Å². The molecule has 7 heteroatoms. The molecular formula is C11H14F2N2O2S. The molecule has 1 aromatic rings. The first-order valence-electron chi connectivity index (χ1n) is 5.20. The van der Waals surface area contributed by atoms with Gasteiger partial charge in [-0.25, -0.2) is 17.2 Å². The van der Waals surface area contributed by atoms with E-state index in [0.29, 0.717) is 0 Å². The lowest BCUT2D eigenvalue weighted by Crippen LogP contribution is -2.31. The smallest absolute Gasteiger partial charge is 0.246 e. The molecule has 0 aliphatic carbocycles.